The Labute approximate surface area is 118 Å². The first-order chi connectivity index (χ1) is 8.65. The largest absolute Gasteiger partial charge is 0.305 e. The van der Waals surface area contributed by atoms with Gasteiger partial charge in [-0.15, -0.1) is 0 Å². The van der Waals surface area contributed by atoms with Crippen molar-refractivity contribution in [3.05, 3.63) is 33.8 Å². The number of nitrogens with zero attached hydrogens (tertiary/aromatic N) is 2. The van der Waals surface area contributed by atoms with Gasteiger partial charge in [0.2, 0.25) is 0 Å². The number of fused-ring (bicyclic) bond motifs is 1. The van der Waals surface area contributed by atoms with Gasteiger partial charge in [-0.1, -0.05) is 22.0 Å². The SMILES string of the molecule is CN(C)[C@H]1CCN(C2CCc3cc(Br)ccc32)C1. The van der Waals surface area contributed by atoms with E-state index in [1.165, 1.54) is 36.8 Å². The van der Waals surface area contributed by atoms with E-state index < -0.39 is 0 Å². The predicted molar refractivity (Wildman–Crippen MR) is 78.9 cm³/mol. The average Bonchev–Trinajstić information content (AvgIpc) is 2.92. The third-order valence-corrected chi connectivity index (χ3v) is 5.01. The maximum Gasteiger partial charge on any atom is 0.0354 e. The minimum atomic E-state index is 0.665. The molecule has 98 valence electrons. The Balaban J connectivity index is 1.77. The molecule has 1 fully saturated rings. The molecule has 2 aliphatic rings. The molecular formula is C15H21BrN2. The quantitative estimate of drug-likeness (QED) is 0.828. The van der Waals surface area contributed by atoms with Gasteiger partial charge in [-0.2, -0.15) is 0 Å². The molecule has 0 spiro atoms. The van der Waals surface area contributed by atoms with Gasteiger partial charge in [-0.3, -0.25) is 4.90 Å². The lowest BCUT2D eigenvalue weighted by Crippen LogP contribution is -2.32. The number of hydrogen-bond acceptors (Lipinski definition) is 2. The zero-order valence-corrected chi connectivity index (χ0v) is 12.8. The van der Waals surface area contributed by atoms with Crippen molar-refractivity contribution >= 4 is 15.9 Å². The van der Waals surface area contributed by atoms with Crippen molar-refractivity contribution in [3.63, 3.8) is 0 Å². The number of halogens is 1. The van der Waals surface area contributed by atoms with Crippen LogP contribution >= 0.6 is 15.9 Å². The summed E-state index contributed by atoms with van der Waals surface area (Å²) in [5.74, 6) is 0. The molecule has 3 rings (SSSR count). The van der Waals surface area contributed by atoms with E-state index >= 15 is 0 Å². The molecule has 0 saturated carbocycles. The molecular weight excluding hydrogens is 288 g/mol. The van der Waals surface area contributed by atoms with Gasteiger partial charge in [0.1, 0.15) is 0 Å². The van der Waals surface area contributed by atoms with Crippen LogP contribution in [0.25, 0.3) is 0 Å². The van der Waals surface area contributed by atoms with Gasteiger partial charge < -0.3 is 4.90 Å². The minimum Gasteiger partial charge on any atom is -0.305 e. The first kappa shape index (κ1) is 12.6. The van der Waals surface area contributed by atoms with Crippen LogP contribution in [-0.4, -0.2) is 43.0 Å². The van der Waals surface area contributed by atoms with Crippen LogP contribution < -0.4 is 0 Å². The van der Waals surface area contributed by atoms with Gasteiger partial charge in [-0.25, -0.2) is 0 Å². The Hall–Kier alpha value is -0.380. The molecule has 2 nitrogen and oxygen atoms in total. The summed E-state index contributed by atoms with van der Waals surface area (Å²) in [7, 11) is 4.40. The van der Waals surface area contributed by atoms with Crippen molar-refractivity contribution in [3.8, 4) is 0 Å². The fourth-order valence-electron chi connectivity index (χ4n) is 3.42. The molecule has 1 aromatic carbocycles. The number of aryl methyl sites for hydroxylation is 1. The molecule has 1 aromatic rings. The Morgan fingerprint density at radius 3 is 2.83 bits per heavy atom. The lowest BCUT2D eigenvalue weighted by atomic mass is 10.1. The summed E-state index contributed by atoms with van der Waals surface area (Å²) in [5, 5.41) is 0. The van der Waals surface area contributed by atoms with E-state index in [4.69, 9.17) is 0 Å². The van der Waals surface area contributed by atoms with Gasteiger partial charge in [0.15, 0.2) is 0 Å². The Bertz CT molecular complexity index is 444. The first-order valence-electron chi connectivity index (χ1n) is 6.84. The highest BCUT2D eigenvalue weighted by Crippen LogP contribution is 2.38. The third-order valence-electron chi connectivity index (χ3n) is 4.52. The zero-order valence-electron chi connectivity index (χ0n) is 11.2. The molecule has 0 radical (unpaired) electrons. The minimum absolute atomic E-state index is 0.665. The van der Waals surface area contributed by atoms with Crippen LogP contribution in [-0.2, 0) is 6.42 Å². The van der Waals surface area contributed by atoms with Crippen molar-refractivity contribution < 1.29 is 0 Å². The second kappa shape index (κ2) is 4.95. The number of likely N-dealkylation sites (N-methyl/N-ethyl adjacent to an activating group) is 1. The van der Waals surface area contributed by atoms with Crippen molar-refractivity contribution in [2.45, 2.75) is 31.3 Å². The summed E-state index contributed by atoms with van der Waals surface area (Å²) in [4.78, 5) is 5.06. The van der Waals surface area contributed by atoms with Crippen LogP contribution in [0.15, 0.2) is 22.7 Å². The first-order valence-corrected chi connectivity index (χ1v) is 7.63. The highest BCUT2D eigenvalue weighted by atomic mass is 79.9. The number of rotatable bonds is 2. The number of hydrogen-bond donors (Lipinski definition) is 0. The molecule has 18 heavy (non-hydrogen) atoms. The Morgan fingerprint density at radius 2 is 2.11 bits per heavy atom. The highest BCUT2D eigenvalue weighted by molar-refractivity contribution is 9.10. The maximum absolute atomic E-state index is 3.58. The van der Waals surface area contributed by atoms with E-state index in [1.54, 1.807) is 11.1 Å². The standard InChI is InChI=1S/C15H21BrN2/c1-17(2)13-7-8-18(10-13)15-6-3-11-9-12(16)4-5-14(11)15/h4-5,9,13,15H,3,6-8,10H2,1-2H3/t13-,15?/m0/s1. The maximum atomic E-state index is 3.58. The fourth-order valence-corrected chi connectivity index (χ4v) is 3.82. The van der Waals surface area contributed by atoms with Crippen LogP contribution in [0.1, 0.15) is 30.0 Å². The van der Waals surface area contributed by atoms with E-state index in [9.17, 15) is 0 Å². The molecule has 3 heteroatoms. The van der Waals surface area contributed by atoms with Crippen LogP contribution in [0.4, 0.5) is 0 Å². The van der Waals surface area contributed by atoms with E-state index in [1.807, 2.05) is 0 Å². The molecule has 2 atom stereocenters. The normalized spacial score (nSPS) is 28.0. The van der Waals surface area contributed by atoms with Crippen LogP contribution in [0.3, 0.4) is 0 Å². The monoisotopic (exact) mass is 308 g/mol. The van der Waals surface area contributed by atoms with Crippen molar-refractivity contribution in [2.75, 3.05) is 27.2 Å². The third kappa shape index (κ3) is 2.24. The van der Waals surface area contributed by atoms with Gasteiger partial charge in [0.25, 0.3) is 0 Å². The van der Waals surface area contributed by atoms with Crippen molar-refractivity contribution in [1.29, 1.82) is 0 Å². The molecule has 1 aliphatic heterocycles. The molecule has 1 aliphatic carbocycles. The molecule has 0 N–H and O–H groups in total. The molecule has 0 bridgehead atoms. The van der Waals surface area contributed by atoms with E-state index in [-0.39, 0.29) is 0 Å². The van der Waals surface area contributed by atoms with Gasteiger partial charge in [-0.05, 0) is 56.6 Å². The second-order valence-corrected chi connectivity index (χ2v) is 6.71. The van der Waals surface area contributed by atoms with Crippen LogP contribution in [0.2, 0.25) is 0 Å². The van der Waals surface area contributed by atoms with E-state index in [0.717, 1.165) is 6.04 Å². The summed E-state index contributed by atoms with van der Waals surface area (Å²) < 4.78 is 1.22. The van der Waals surface area contributed by atoms with Crippen molar-refractivity contribution in [1.82, 2.24) is 9.80 Å². The average molecular weight is 309 g/mol. The summed E-state index contributed by atoms with van der Waals surface area (Å²) in [6, 6.07) is 8.22. The molecule has 0 aromatic heterocycles. The van der Waals surface area contributed by atoms with Gasteiger partial charge >= 0.3 is 0 Å². The topological polar surface area (TPSA) is 6.48 Å². The van der Waals surface area contributed by atoms with Crippen LogP contribution in [0, 0.1) is 0 Å². The highest BCUT2D eigenvalue weighted by Gasteiger charge is 2.33. The molecule has 1 saturated heterocycles. The second-order valence-electron chi connectivity index (χ2n) is 5.80. The lowest BCUT2D eigenvalue weighted by Gasteiger charge is -2.26. The number of likely N-dealkylation sites (tertiary alicyclic amines) is 1. The summed E-state index contributed by atoms with van der Waals surface area (Å²) in [5.41, 5.74) is 3.11. The zero-order chi connectivity index (χ0) is 12.7. The van der Waals surface area contributed by atoms with E-state index in [2.05, 4.69) is 58.0 Å². The fraction of sp³-hybridized carbons (Fsp3) is 0.600. The lowest BCUT2D eigenvalue weighted by molar-refractivity contribution is 0.216. The molecule has 1 heterocycles. The van der Waals surface area contributed by atoms with Crippen LogP contribution in [0.5, 0.6) is 0 Å². The Kier molecular flexibility index (Phi) is 3.48. The summed E-state index contributed by atoms with van der Waals surface area (Å²) in [6.45, 7) is 2.48. The van der Waals surface area contributed by atoms with Gasteiger partial charge in [0, 0.05) is 29.6 Å². The van der Waals surface area contributed by atoms with Gasteiger partial charge in [0.05, 0.1) is 0 Å². The Morgan fingerprint density at radius 1 is 1.28 bits per heavy atom. The summed E-state index contributed by atoms with van der Waals surface area (Å²) in [6.07, 6.45) is 3.85. The summed E-state index contributed by atoms with van der Waals surface area (Å²) >= 11 is 3.58. The predicted octanol–water partition coefficient (Wildman–Crippen LogP) is 3.07. The smallest absolute Gasteiger partial charge is 0.0354 e. The molecule has 0 amide bonds. The van der Waals surface area contributed by atoms with E-state index in [0.29, 0.717) is 6.04 Å². The molecule has 1 unspecified atom stereocenters. The number of benzene rings is 1. The van der Waals surface area contributed by atoms with Crippen molar-refractivity contribution in [2.24, 2.45) is 0 Å².